The molecule has 0 aliphatic carbocycles. The Morgan fingerprint density at radius 1 is 1.18 bits per heavy atom. The largest absolute Gasteiger partial charge is 0.504 e. The summed E-state index contributed by atoms with van der Waals surface area (Å²) >= 11 is 2.41. The van der Waals surface area contributed by atoms with Crippen LogP contribution >= 0.6 is 23.1 Å². The van der Waals surface area contributed by atoms with Crippen LogP contribution in [-0.2, 0) is 32.3 Å². The van der Waals surface area contributed by atoms with Crippen LogP contribution in [0.4, 0.5) is 5.13 Å². The molecule has 7 N–H and O–H groups in total. The maximum absolute atomic E-state index is 13.7. The van der Waals surface area contributed by atoms with Crippen LogP contribution in [0.15, 0.2) is 44.9 Å². The first-order valence-corrected chi connectivity index (χ1v) is 18.3. The topological polar surface area (TPSA) is 230 Å². The number of pyridine rings is 1. The lowest BCUT2D eigenvalue weighted by Crippen LogP contribution is -2.71. The third kappa shape index (κ3) is 6.87. The Bertz CT molecular complexity index is 2030. The van der Waals surface area contributed by atoms with E-state index in [1.165, 1.54) is 34.2 Å². The van der Waals surface area contributed by atoms with Gasteiger partial charge in [-0.25, -0.2) is 9.78 Å². The summed E-state index contributed by atoms with van der Waals surface area (Å²) in [5.74, 6) is -3.07. The minimum Gasteiger partial charge on any atom is -0.504 e. The van der Waals surface area contributed by atoms with E-state index in [-0.39, 0.29) is 51.2 Å². The summed E-state index contributed by atoms with van der Waals surface area (Å²) in [7, 11) is 0. The number of carboxylic acids is 1. The molecule has 2 atom stereocenters. The van der Waals surface area contributed by atoms with Crippen molar-refractivity contribution in [3.05, 3.63) is 56.5 Å². The number of aryl methyl sites for hydroxylation is 1. The number of phenolic OH excluding ortho intramolecular Hbond substituents is 2. The highest BCUT2D eigenvalue weighted by Gasteiger charge is 2.55. The predicted octanol–water partition coefficient (Wildman–Crippen LogP) is 1.51. The van der Waals surface area contributed by atoms with Gasteiger partial charge in [0.05, 0.1) is 36.2 Å². The van der Waals surface area contributed by atoms with Gasteiger partial charge in [0.1, 0.15) is 35.9 Å². The Balaban J connectivity index is 1.26. The first kappa shape index (κ1) is 36.2. The van der Waals surface area contributed by atoms with E-state index in [0.29, 0.717) is 53.9 Å². The molecule has 272 valence electrons. The van der Waals surface area contributed by atoms with Crippen molar-refractivity contribution in [2.75, 3.05) is 37.7 Å². The lowest BCUT2D eigenvalue weighted by atomic mass is 10.0. The van der Waals surface area contributed by atoms with Gasteiger partial charge in [-0.05, 0) is 26.8 Å². The van der Waals surface area contributed by atoms with Gasteiger partial charge in [0, 0.05) is 48.4 Å². The van der Waals surface area contributed by atoms with E-state index in [0.717, 1.165) is 24.2 Å². The second-order valence-electron chi connectivity index (χ2n) is 13.6. The zero-order valence-electron chi connectivity index (χ0n) is 28.3. The number of thiazole rings is 1. The average Bonchev–Trinajstić information content (AvgIpc) is 3.74. The number of benzene rings is 1. The van der Waals surface area contributed by atoms with Gasteiger partial charge in [-0.3, -0.25) is 19.3 Å². The van der Waals surface area contributed by atoms with Crippen LogP contribution in [-0.4, -0.2) is 112 Å². The molecule has 2 aromatic heterocycles. The number of oxime groups is 1. The molecule has 2 saturated heterocycles. The molecule has 0 radical (unpaired) electrons. The van der Waals surface area contributed by atoms with Crippen LogP contribution in [0.3, 0.4) is 0 Å². The van der Waals surface area contributed by atoms with Crippen LogP contribution in [0, 0.1) is 0 Å². The summed E-state index contributed by atoms with van der Waals surface area (Å²) in [6.45, 7) is 7.17. The third-order valence-electron chi connectivity index (χ3n) is 9.42. The molecule has 0 bridgehead atoms. The van der Waals surface area contributed by atoms with Crippen molar-refractivity contribution in [3.63, 3.8) is 0 Å². The number of nitrogens with two attached hydrogens (primary N) is 1. The molecule has 51 heavy (non-hydrogen) atoms. The summed E-state index contributed by atoms with van der Waals surface area (Å²) in [6, 6.07) is 1.59. The number of hydrogen-bond donors (Lipinski definition) is 6. The normalized spacial score (nSPS) is 20.4. The number of nitrogens with zero attached hydrogens (tertiary/aromatic N) is 5. The lowest BCUT2D eigenvalue weighted by Gasteiger charge is -2.50. The molecular weight excluding hydrogens is 703 g/mol. The van der Waals surface area contributed by atoms with Gasteiger partial charge in [0.25, 0.3) is 11.8 Å². The minimum atomic E-state index is -1.26. The zero-order chi connectivity index (χ0) is 36.8. The first-order valence-electron chi connectivity index (χ1n) is 16.4. The van der Waals surface area contributed by atoms with Crippen molar-refractivity contribution >= 4 is 62.6 Å². The van der Waals surface area contributed by atoms with Gasteiger partial charge in [-0.1, -0.05) is 5.16 Å². The first-order chi connectivity index (χ1) is 24.2. The van der Waals surface area contributed by atoms with E-state index < -0.39 is 40.5 Å². The Morgan fingerprint density at radius 3 is 2.51 bits per heavy atom. The number of aliphatic carboxylic acids is 1. The molecule has 3 aromatic rings. The Labute approximate surface area is 300 Å². The fourth-order valence-corrected chi connectivity index (χ4v) is 8.69. The molecule has 2 fully saturated rings. The number of nitrogen functional groups attached to an aromatic ring is 1. The van der Waals surface area contributed by atoms with Crippen molar-refractivity contribution in [2.24, 2.45) is 5.16 Å². The van der Waals surface area contributed by atoms with Gasteiger partial charge in [0.2, 0.25) is 0 Å². The minimum absolute atomic E-state index is 0.115. The van der Waals surface area contributed by atoms with Crippen molar-refractivity contribution in [2.45, 2.75) is 63.7 Å². The van der Waals surface area contributed by atoms with Crippen LogP contribution in [0.25, 0.3) is 10.9 Å². The van der Waals surface area contributed by atoms with E-state index in [4.69, 9.17) is 10.6 Å². The molecule has 5 heterocycles. The molecule has 1 aromatic carbocycles. The van der Waals surface area contributed by atoms with E-state index in [1.54, 1.807) is 20.0 Å². The quantitative estimate of drug-likeness (QED) is 0.0510. The molecule has 0 saturated carbocycles. The Morgan fingerprint density at radius 2 is 1.88 bits per heavy atom. The van der Waals surface area contributed by atoms with Gasteiger partial charge in [-0.2, -0.15) is 0 Å². The highest BCUT2D eigenvalue weighted by atomic mass is 32.2. The number of quaternary nitrogens is 1. The Hall–Kier alpha value is -4.65. The zero-order valence-corrected chi connectivity index (χ0v) is 29.9. The van der Waals surface area contributed by atoms with Crippen molar-refractivity contribution < 1.29 is 44.1 Å². The van der Waals surface area contributed by atoms with Gasteiger partial charge in [0.15, 0.2) is 33.4 Å². The summed E-state index contributed by atoms with van der Waals surface area (Å²) in [4.78, 5) is 64.3. The van der Waals surface area contributed by atoms with Gasteiger partial charge >= 0.3 is 5.97 Å². The molecule has 3 aliphatic rings. The average molecular weight is 743 g/mol. The molecule has 0 unspecified atom stereocenters. The fourth-order valence-electron chi connectivity index (χ4n) is 6.81. The highest BCUT2D eigenvalue weighted by Crippen LogP contribution is 2.42. The van der Waals surface area contributed by atoms with E-state index in [1.807, 2.05) is 11.5 Å². The number of aliphatic hydroxyl groups excluding tert-OH is 1. The maximum atomic E-state index is 13.7. The second-order valence-corrected chi connectivity index (χ2v) is 15.6. The SMILES string of the molecule is CCn1cc(C[N+]2(CC3=C(C(=O)O)N4C(=O)[C@@H](NC(=O)/C(=N\OC(C)(C)CO)c5csc(N)n5)[C@H]4SC3)CCCC2)c(=O)c2cc(O)c(O)cc21. The monoisotopic (exact) mass is 742 g/mol. The second kappa shape index (κ2) is 13.8. The Kier molecular flexibility index (Phi) is 9.79. The number of anilines is 1. The number of nitrogens with one attached hydrogen (secondary N) is 1. The number of aromatic hydroxyl groups is 2. The van der Waals surface area contributed by atoms with Crippen molar-refractivity contribution in [3.8, 4) is 11.5 Å². The van der Waals surface area contributed by atoms with Gasteiger partial charge < -0.3 is 45.4 Å². The number of rotatable bonds is 12. The smallest absolute Gasteiger partial charge is 0.352 e. The number of fused-ring (bicyclic) bond motifs is 2. The molecule has 18 heteroatoms. The highest BCUT2D eigenvalue weighted by molar-refractivity contribution is 8.00. The number of amides is 2. The van der Waals surface area contributed by atoms with Crippen LogP contribution in [0.5, 0.6) is 11.5 Å². The number of aliphatic hydroxyl groups is 1. The number of aromatic nitrogens is 2. The number of hydrogen-bond acceptors (Lipinski definition) is 13. The van der Waals surface area contributed by atoms with E-state index in [2.05, 4.69) is 15.5 Å². The third-order valence-corrected chi connectivity index (χ3v) is 11.4. The molecule has 0 spiro atoms. The number of phenols is 2. The maximum Gasteiger partial charge on any atom is 0.352 e. The van der Waals surface area contributed by atoms with E-state index >= 15 is 0 Å². The molecular formula is C33H40N7O9S2+. The summed E-state index contributed by atoms with van der Waals surface area (Å²) in [5, 5.41) is 48.1. The number of thioether (sulfide) groups is 1. The molecule has 3 aliphatic heterocycles. The standard InChI is InChI=1S/C33H39N7O9S2/c1-4-38-11-17(27(44)19-9-22(42)23(43)10-21(19)38)12-40(7-5-6-8-40)13-18-14-50-30-25(29(46)39(30)26(18)31(47)48)36-28(45)24(20-15-51-32(34)35-20)37-49-33(2,3)16-41/h9-11,15,25,30,41H,4-8,12-14,16H2,1-3H3,(H5-,34,35,36,37,42,43,44,45,47,48)/p+1/t25-,30-/m1/s1. The fraction of sp³-hybridized carbons (Fsp3) is 0.455. The number of carbonyl (C=O) groups excluding carboxylic acids is 2. The number of β-lactam (4-membered cyclic amide) rings is 1. The lowest BCUT2D eigenvalue weighted by molar-refractivity contribution is -0.925. The van der Waals surface area contributed by atoms with Crippen LogP contribution in [0.1, 0.15) is 44.9 Å². The number of likely N-dealkylation sites (tertiary alicyclic amines) is 1. The van der Waals surface area contributed by atoms with Crippen molar-refractivity contribution in [1.29, 1.82) is 0 Å². The van der Waals surface area contributed by atoms with E-state index in [9.17, 15) is 39.6 Å². The van der Waals surface area contributed by atoms with Crippen LogP contribution in [0.2, 0.25) is 0 Å². The molecule has 16 nitrogen and oxygen atoms in total. The number of carbonyl (C=O) groups is 3. The van der Waals surface area contributed by atoms with Crippen LogP contribution < -0.4 is 16.5 Å². The summed E-state index contributed by atoms with van der Waals surface area (Å²) in [6.07, 6.45) is 3.51. The number of carboxylic acid groups (broad SMARTS) is 1. The van der Waals surface area contributed by atoms with Gasteiger partial charge in [-0.15, -0.1) is 23.1 Å². The molecule has 6 rings (SSSR count). The summed E-state index contributed by atoms with van der Waals surface area (Å²) < 4.78 is 2.25. The van der Waals surface area contributed by atoms with Crippen molar-refractivity contribution in [1.82, 2.24) is 19.8 Å². The summed E-state index contributed by atoms with van der Waals surface area (Å²) in [5.41, 5.74) is 5.67. The molecule has 2 amide bonds. The predicted molar refractivity (Wildman–Crippen MR) is 190 cm³/mol.